The van der Waals surface area contributed by atoms with E-state index in [9.17, 15) is 0 Å². The van der Waals surface area contributed by atoms with Gasteiger partial charge in [-0.1, -0.05) is 48.8 Å². The predicted octanol–water partition coefficient (Wildman–Crippen LogP) is 4.97. The van der Waals surface area contributed by atoms with Crippen LogP contribution >= 0.6 is 15.9 Å². The van der Waals surface area contributed by atoms with Crippen molar-refractivity contribution in [3.05, 3.63) is 34.3 Å². The minimum absolute atomic E-state index is 0.765. The maximum atomic E-state index is 6.24. The van der Waals surface area contributed by atoms with Gasteiger partial charge in [-0.15, -0.1) is 0 Å². The third-order valence-electron chi connectivity index (χ3n) is 3.37. The molecule has 3 heteroatoms. The predicted molar refractivity (Wildman–Crippen MR) is 76.1 cm³/mol. The summed E-state index contributed by atoms with van der Waals surface area (Å²) in [4.78, 5) is 0. The van der Waals surface area contributed by atoms with Crippen molar-refractivity contribution in [1.82, 2.24) is 0 Å². The summed E-state index contributed by atoms with van der Waals surface area (Å²) >= 11 is 3.49. The van der Waals surface area contributed by atoms with Gasteiger partial charge < -0.3 is 4.43 Å². The molecule has 0 aliphatic heterocycles. The Morgan fingerprint density at radius 3 is 2.25 bits per heavy atom. The maximum absolute atomic E-state index is 6.24. The summed E-state index contributed by atoms with van der Waals surface area (Å²) in [5, 5.41) is 0. The highest BCUT2D eigenvalue weighted by atomic mass is 79.9. The van der Waals surface area contributed by atoms with Gasteiger partial charge in [0.05, 0.1) is 6.61 Å². The van der Waals surface area contributed by atoms with E-state index in [1.54, 1.807) is 0 Å². The number of hydrogen-bond donors (Lipinski definition) is 0. The van der Waals surface area contributed by atoms with Crippen LogP contribution in [0.1, 0.15) is 26.3 Å². The molecule has 0 radical (unpaired) electrons. The van der Waals surface area contributed by atoms with Crippen LogP contribution in [-0.2, 0) is 11.0 Å². The van der Waals surface area contributed by atoms with Crippen LogP contribution in [0.4, 0.5) is 0 Å². The van der Waals surface area contributed by atoms with Crippen molar-refractivity contribution in [2.24, 2.45) is 0 Å². The molecule has 90 valence electrons. The fourth-order valence-electron chi connectivity index (χ4n) is 1.92. The highest BCUT2D eigenvalue weighted by molar-refractivity contribution is 9.10. The number of halogens is 1. The second-order valence-corrected chi connectivity index (χ2v) is 9.85. The highest BCUT2D eigenvalue weighted by Crippen LogP contribution is 2.23. The summed E-state index contributed by atoms with van der Waals surface area (Å²) < 4.78 is 7.37. The van der Waals surface area contributed by atoms with Crippen molar-refractivity contribution in [1.29, 1.82) is 0 Å². The quantitative estimate of drug-likeness (QED) is 0.674. The van der Waals surface area contributed by atoms with Crippen LogP contribution in [0, 0.1) is 0 Å². The normalized spacial score (nSPS) is 11.8. The van der Waals surface area contributed by atoms with E-state index in [0.717, 1.165) is 11.1 Å². The Morgan fingerprint density at radius 1 is 1.12 bits per heavy atom. The van der Waals surface area contributed by atoms with E-state index >= 15 is 0 Å². The van der Waals surface area contributed by atoms with Crippen LogP contribution in [0.5, 0.6) is 0 Å². The van der Waals surface area contributed by atoms with Crippen LogP contribution in [-0.4, -0.2) is 8.32 Å². The van der Waals surface area contributed by atoms with Crippen LogP contribution in [0.15, 0.2) is 28.7 Å². The lowest BCUT2D eigenvalue weighted by molar-refractivity contribution is 0.287. The Bertz CT molecular complexity index is 315. The average Bonchev–Trinajstić information content (AvgIpc) is 2.32. The summed E-state index contributed by atoms with van der Waals surface area (Å²) in [5.74, 6) is 0. The fourth-order valence-corrected chi connectivity index (χ4v) is 4.95. The third kappa shape index (κ3) is 3.72. The molecule has 1 aromatic rings. The molecule has 0 saturated carbocycles. The molecule has 0 fully saturated rings. The van der Waals surface area contributed by atoms with Crippen molar-refractivity contribution in [3.8, 4) is 0 Å². The monoisotopic (exact) mass is 300 g/mol. The van der Waals surface area contributed by atoms with Gasteiger partial charge in [0.1, 0.15) is 0 Å². The molecule has 0 aromatic heterocycles. The summed E-state index contributed by atoms with van der Waals surface area (Å²) in [6, 6.07) is 12.0. The first-order chi connectivity index (χ1) is 7.65. The zero-order valence-corrected chi connectivity index (χ0v) is 13.0. The Hall–Kier alpha value is -0.123. The first-order valence-corrected chi connectivity index (χ1v) is 9.36. The second kappa shape index (κ2) is 6.57. The molecule has 0 heterocycles. The van der Waals surface area contributed by atoms with Gasteiger partial charge >= 0.3 is 0 Å². The maximum Gasteiger partial charge on any atom is 0.192 e. The molecule has 0 aliphatic carbocycles. The lowest BCUT2D eigenvalue weighted by Gasteiger charge is -2.28. The number of benzene rings is 1. The molecule has 0 unspecified atom stereocenters. The van der Waals surface area contributed by atoms with Gasteiger partial charge in [-0.05, 0) is 35.8 Å². The lowest BCUT2D eigenvalue weighted by atomic mass is 10.2. The lowest BCUT2D eigenvalue weighted by Crippen LogP contribution is -2.35. The van der Waals surface area contributed by atoms with Gasteiger partial charge in [0.25, 0.3) is 0 Å². The highest BCUT2D eigenvalue weighted by Gasteiger charge is 2.28. The summed E-state index contributed by atoms with van der Waals surface area (Å²) in [5.41, 5.74) is 1.27. The summed E-state index contributed by atoms with van der Waals surface area (Å²) in [6.45, 7) is 7.56. The zero-order chi connectivity index (χ0) is 12.0. The Morgan fingerprint density at radius 2 is 1.75 bits per heavy atom. The summed E-state index contributed by atoms with van der Waals surface area (Å²) in [7, 11) is -1.43. The first-order valence-electron chi connectivity index (χ1n) is 6.04. The molecule has 0 aliphatic rings. The van der Waals surface area contributed by atoms with Crippen LogP contribution < -0.4 is 0 Å². The van der Waals surface area contributed by atoms with Crippen molar-refractivity contribution in [2.45, 2.75) is 45.5 Å². The molecule has 16 heavy (non-hydrogen) atoms. The minimum atomic E-state index is -1.43. The van der Waals surface area contributed by atoms with Crippen molar-refractivity contribution < 1.29 is 4.43 Å². The smallest absolute Gasteiger partial charge is 0.192 e. The molecule has 1 rings (SSSR count). The van der Waals surface area contributed by atoms with Crippen LogP contribution in [0.2, 0.25) is 18.1 Å². The molecular formula is C13H21BrOSi. The van der Waals surface area contributed by atoms with Gasteiger partial charge in [0.2, 0.25) is 0 Å². The third-order valence-corrected chi connectivity index (χ3v) is 8.48. The van der Waals surface area contributed by atoms with E-state index in [0.29, 0.717) is 0 Å². The topological polar surface area (TPSA) is 9.23 Å². The van der Waals surface area contributed by atoms with E-state index in [4.69, 9.17) is 4.43 Å². The van der Waals surface area contributed by atoms with Gasteiger partial charge in [0, 0.05) is 4.47 Å². The molecular weight excluding hydrogens is 280 g/mol. The van der Waals surface area contributed by atoms with E-state index < -0.39 is 8.32 Å². The molecule has 1 nitrogen and oxygen atoms in total. The Kier molecular flexibility index (Phi) is 5.73. The van der Waals surface area contributed by atoms with Gasteiger partial charge in [0.15, 0.2) is 8.32 Å². The first kappa shape index (κ1) is 13.9. The molecule has 0 saturated heterocycles. The van der Waals surface area contributed by atoms with Crippen molar-refractivity contribution in [3.63, 3.8) is 0 Å². The summed E-state index contributed by atoms with van der Waals surface area (Å²) in [6.07, 6.45) is 0. The number of hydrogen-bond acceptors (Lipinski definition) is 1. The van der Waals surface area contributed by atoms with Gasteiger partial charge in [-0.25, -0.2) is 0 Å². The van der Waals surface area contributed by atoms with E-state index in [2.05, 4.69) is 54.9 Å². The van der Waals surface area contributed by atoms with Gasteiger partial charge in [-0.3, -0.25) is 0 Å². The van der Waals surface area contributed by atoms with Gasteiger partial charge in [-0.2, -0.15) is 0 Å². The molecule has 0 atom stereocenters. The Labute approximate surface area is 108 Å². The largest absolute Gasteiger partial charge is 0.413 e. The standard InChI is InChI=1S/C13H21BrOSi/c1-4-16(5-2,6-3)15-11-12-8-7-9-13(14)10-12/h7-10H,4-6,11H2,1-3H3. The Balaban J connectivity index is 2.62. The minimum Gasteiger partial charge on any atom is -0.413 e. The molecule has 1 aromatic carbocycles. The van der Waals surface area contributed by atoms with Crippen LogP contribution in [0.25, 0.3) is 0 Å². The second-order valence-electron chi connectivity index (χ2n) is 4.16. The molecule has 0 amide bonds. The molecule has 0 N–H and O–H groups in total. The fraction of sp³-hybridized carbons (Fsp3) is 0.538. The number of rotatable bonds is 6. The van der Waals surface area contributed by atoms with Crippen molar-refractivity contribution >= 4 is 24.2 Å². The average molecular weight is 301 g/mol. The van der Waals surface area contributed by atoms with E-state index in [-0.39, 0.29) is 0 Å². The van der Waals surface area contributed by atoms with Crippen LogP contribution in [0.3, 0.4) is 0 Å². The van der Waals surface area contributed by atoms with E-state index in [1.807, 2.05) is 6.07 Å². The molecule has 0 bridgehead atoms. The van der Waals surface area contributed by atoms with E-state index in [1.165, 1.54) is 23.7 Å². The molecule has 0 spiro atoms. The SMILES string of the molecule is CC[Si](CC)(CC)OCc1cccc(Br)c1. The van der Waals surface area contributed by atoms with Crippen molar-refractivity contribution in [2.75, 3.05) is 0 Å². The zero-order valence-electron chi connectivity index (χ0n) is 10.4.